The Morgan fingerprint density at radius 3 is 2.39 bits per heavy atom. The summed E-state index contributed by atoms with van der Waals surface area (Å²) in [4.78, 5) is 48.8. The number of carbonyl (C=O) groups is 3. The fourth-order valence-corrected chi connectivity index (χ4v) is 10.3. The molecule has 2 heterocycles. The van der Waals surface area contributed by atoms with Crippen LogP contribution in [0.4, 0.5) is 10.5 Å². The Hall–Kier alpha value is -4.13. The Balaban J connectivity index is 1.42. The van der Waals surface area contributed by atoms with Crippen LogP contribution in [-0.4, -0.2) is 93.8 Å². The van der Waals surface area contributed by atoms with Crippen LogP contribution in [0.5, 0.6) is 11.6 Å². The predicted molar refractivity (Wildman–Crippen MR) is 211 cm³/mol. The van der Waals surface area contributed by atoms with Gasteiger partial charge in [0.15, 0.2) is 6.10 Å². The highest BCUT2D eigenvalue weighted by Gasteiger charge is 2.68. The highest BCUT2D eigenvalue weighted by molar-refractivity contribution is 7.94. The minimum Gasteiger partial charge on any atom is -0.494 e. The van der Waals surface area contributed by atoms with Gasteiger partial charge < -0.3 is 15.2 Å². The van der Waals surface area contributed by atoms with Crippen LogP contribution in [0.1, 0.15) is 47.0 Å². The van der Waals surface area contributed by atoms with Gasteiger partial charge in [0.05, 0.1) is 35.1 Å². The molecule has 1 saturated heterocycles. The number of imide groups is 1. The highest BCUT2D eigenvalue weighted by Crippen LogP contribution is 2.49. The SMILES string of the molecule is C=C[C@@H]1C[C@]1(NC(=O)[N+]1(C(=O)C(N)C(C)C)C[C@H](Oc2ncc(OC)c3ccc(Cl)cc23)C(C)C1C)C(=O)N(c1cccc(S(=O)(=O)NC)c1)S(=O)(=O)C1CC1. The van der Waals surface area contributed by atoms with Gasteiger partial charge in [-0.15, -0.1) is 6.58 Å². The first-order valence-electron chi connectivity index (χ1n) is 18.3. The van der Waals surface area contributed by atoms with Gasteiger partial charge in [0.2, 0.25) is 25.9 Å². The lowest BCUT2D eigenvalue weighted by Crippen LogP contribution is -2.70. The number of halogens is 1. The van der Waals surface area contributed by atoms with E-state index >= 15 is 4.79 Å². The average molecular weight is 832 g/mol. The van der Waals surface area contributed by atoms with Crippen LogP contribution in [0.2, 0.25) is 5.02 Å². The maximum absolute atomic E-state index is 15.1. The zero-order valence-corrected chi connectivity index (χ0v) is 34.4. The molecule has 1 aromatic heterocycles. The fourth-order valence-electron chi connectivity index (χ4n) is 7.52. The summed E-state index contributed by atoms with van der Waals surface area (Å²) in [7, 11) is -5.69. The Labute approximate surface area is 332 Å². The number of likely N-dealkylation sites (tertiary alicyclic amines) is 1. The molecule has 2 aliphatic carbocycles. The second-order valence-electron chi connectivity index (χ2n) is 15.2. The van der Waals surface area contributed by atoms with E-state index in [4.69, 9.17) is 26.8 Å². The number of carbonyl (C=O) groups excluding carboxylic acids is 3. The number of methoxy groups -OCH3 is 1. The van der Waals surface area contributed by atoms with Crippen molar-refractivity contribution in [2.24, 2.45) is 23.5 Å². The molecule has 0 spiro atoms. The Kier molecular flexibility index (Phi) is 11.1. The van der Waals surface area contributed by atoms with Crippen LogP contribution in [0, 0.1) is 17.8 Å². The second-order valence-corrected chi connectivity index (χ2v) is 19.6. The van der Waals surface area contributed by atoms with E-state index < -0.39 is 83.2 Å². The molecule has 3 aliphatic rings. The summed E-state index contributed by atoms with van der Waals surface area (Å²) in [6.45, 7) is 10.7. The van der Waals surface area contributed by atoms with Gasteiger partial charge in [0.25, 0.3) is 5.91 Å². The monoisotopic (exact) mass is 831 g/mol. The van der Waals surface area contributed by atoms with Crippen LogP contribution in [0.25, 0.3) is 10.8 Å². The number of rotatable bonds is 13. The molecule has 3 fully saturated rings. The van der Waals surface area contributed by atoms with Gasteiger partial charge in [-0.3, -0.25) is 10.1 Å². The second kappa shape index (κ2) is 15.0. The van der Waals surface area contributed by atoms with Gasteiger partial charge in [-0.05, 0) is 75.5 Å². The van der Waals surface area contributed by atoms with Crippen molar-refractivity contribution in [3.63, 3.8) is 0 Å². The minimum absolute atomic E-state index is 0.0247. The lowest BCUT2D eigenvalue weighted by molar-refractivity contribution is -0.789. The number of hydrogen-bond donors (Lipinski definition) is 3. The first-order chi connectivity index (χ1) is 26.3. The number of aromatic nitrogens is 1. The van der Waals surface area contributed by atoms with Gasteiger partial charge >= 0.3 is 11.9 Å². The van der Waals surface area contributed by atoms with Crippen LogP contribution in [0.15, 0.2) is 66.2 Å². The molecule has 56 heavy (non-hydrogen) atoms. The Bertz CT molecular complexity index is 2320. The molecule has 7 atom stereocenters. The number of nitrogens with two attached hydrogens (primary N) is 1. The standard InChI is InChI=1S/C38H47ClN6O9S2/c1-8-24-18-38(24,36(47)44(56(51,52)27-13-14-27)26-10-9-11-28(17-26)55(49,50)41-6)43-37(48)45(35(46)33(40)21(2)3)20-32(22(4)23(45)5)54-34-30-16-25(39)12-15-29(30)31(53-7)19-42-34/h8-12,15-17,19,21-24,27,32-33,41H,1,13-14,18,20,40H2,2-7H3/p+1/t22?,23?,24-,32+,33?,38-,45?/m1/s1. The molecule has 15 nitrogen and oxygen atoms in total. The largest absolute Gasteiger partial charge is 0.494 e. The molecular weight excluding hydrogens is 784 g/mol. The highest BCUT2D eigenvalue weighted by atomic mass is 35.5. The lowest BCUT2D eigenvalue weighted by Gasteiger charge is -2.37. The molecule has 18 heteroatoms. The molecule has 0 bridgehead atoms. The summed E-state index contributed by atoms with van der Waals surface area (Å²) >= 11 is 6.36. The quantitative estimate of drug-likeness (QED) is 0.165. The number of nitrogens with zero attached hydrogens (tertiary/aromatic N) is 3. The first kappa shape index (κ1) is 41.5. The van der Waals surface area contributed by atoms with Crippen molar-refractivity contribution in [1.82, 2.24) is 15.0 Å². The van der Waals surface area contributed by atoms with Gasteiger partial charge in [-0.1, -0.05) is 44.5 Å². The normalized spacial score (nSPS) is 26.7. The van der Waals surface area contributed by atoms with Crippen molar-refractivity contribution < 1.29 is 45.2 Å². The van der Waals surface area contributed by atoms with E-state index in [9.17, 15) is 26.4 Å². The number of pyridine rings is 1. The third kappa shape index (κ3) is 6.95. The molecule has 2 aromatic carbocycles. The Morgan fingerprint density at radius 1 is 1.11 bits per heavy atom. The minimum atomic E-state index is -4.38. The number of amides is 4. The van der Waals surface area contributed by atoms with Crippen molar-refractivity contribution in [2.45, 2.75) is 80.8 Å². The topological polar surface area (TPSA) is 204 Å². The molecule has 2 saturated carbocycles. The van der Waals surface area contributed by atoms with Crippen LogP contribution in [-0.2, 0) is 29.6 Å². The number of ether oxygens (including phenoxy) is 2. The smallest absolute Gasteiger partial charge is 0.425 e. The predicted octanol–water partition coefficient (Wildman–Crippen LogP) is 4.10. The summed E-state index contributed by atoms with van der Waals surface area (Å²) in [6.07, 6.45) is 2.75. The van der Waals surface area contributed by atoms with Crippen molar-refractivity contribution in [3.05, 3.63) is 66.3 Å². The van der Waals surface area contributed by atoms with Crippen LogP contribution >= 0.6 is 11.6 Å². The van der Waals surface area contributed by atoms with E-state index in [1.807, 2.05) is 6.92 Å². The molecule has 6 rings (SSSR count). The maximum Gasteiger partial charge on any atom is 0.425 e. The molecule has 3 aromatic rings. The van der Waals surface area contributed by atoms with E-state index in [0.29, 0.717) is 38.7 Å². The third-order valence-electron chi connectivity index (χ3n) is 11.6. The number of urea groups is 1. The van der Waals surface area contributed by atoms with Crippen LogP contribution < -0.4 is 29.6 Å². The zero-order valence-electron chi connectivity index (χ0n) is 32.1. The lowest BCUT2D eigenvalue weighted by atomic mass is 9.99. The summed E-state index contributed by atoms with van der Waals surface area (Å²) < 4.78 is 67.6. The molecule has 1 aliphatic heterocycles. The Morgan fingerprint density at radius 2 is 1.80 bits per heavy atom. The number of nitrogens with one attached hydrogen (secondary N) is 2. The van der Waals surface area contributed by atoms with Gasteiger partial charge in [-0.25, -0.2) is 40.4 Å². The molecule has 4 unspecified atom stereocenters. The van der Waals surface area contributed by atoms with E-state index in [2.05, 4.69) is 21.6 Å². The maximum atomic E-state index is 15.1. The van der Waals surface area contributed by atoms with Gasteiger partial charge in [0.1, 0.15) is 29.9 Å². The fraction of sp³-hybridized carbons (Fsp3) is 0.474. The van der Waals surface area contributed by atoms with E-state index in [-0.39, 0.29) is 35.3 Å². The zero-order chi connectivity index (χ0) is 41.1. The molecule has 302 valence electrons. The van der Waals surface area contributed by atoms with Crippen molar-refractivity contribution in [2.75, 3.05) is 25.0 Å². The van der Waals surface area contributed by atoms with Crippen molar-refractivity contribution in [1.29, 1.82) is 0 Å². The number of hydrogen-bond acceptors (Lipinski definition) is 11. The number of benzene rings is 2. The number of sulfonamides is 2. The van der Waals surface area contributed by atoms with E-state index in [1.165, 1.54) is 44.6 Å². The number of quaternary nitrogens is 1. The first-order valence-corrected chi connectivity index (χ1v) is 21.7. The van der Waals surface area contributed by atoms with E-state index in [0.717, 1.165) is 6.07 Å². The van der Waals surface area contributed by atoms with Gasteiger partial charge in [0, 0.05) is 21.7 Å². The third-order valence-corrected chi connectivity index (χ3v) is 15.4. The van der Waals surface area contributed by atoms with Crippen molar-refractivity contribution in [3.8, 4) is 11.6 Å². The summed E-state index contributed by atoms with van der Waals surface area (Å²) in [5.41, 5.74) is 4.46. The molecule has 4 N–H and O–H groups in total. The number of fused-ring (bicyclic) bond motifs is 1. The molecule has 0 radical (unpaired) electrons. The summed E-state index contributed by atoms with van der Waals surface area (Å²) in [6, 6.07) is 7.48. The van der Waals surface area contributed by atoms with Gasteiger partial charge in [-0.2, -0.15) is 4.48 Å². The van der Waals surface area contributed by atoms with E-state index in [1.54, 1.807) is 39.0 Å². The number of anilines is 1. The van der Waals surface area contributed by atoms with Crippen LogP contribution in [0.3, 0.4) is 0 Å². The average Bonchev–Trinajstić information content (AvgIpc) is 4.11. The molecule has 4 amide bonds. The summed E-state index contributed by atoms with van der Waals surface area (Å²) in [5.74, 6) is -2.47. The van der Waals surface area contributed by atoms with Crippen molar-refractivity contribution >= 4 is 66.0 Å². The molecular formula is C38H48ClN6O9S2+. The summed E-state index contributed by atoms with van der Waals surface area (Å²) in [5, 5.41) is 3.62.